The van der Waals surface area contributed by atoms with Gasteiger partial charge in [0.15, 0.2) is 0 Å². The Morgan fingerprint density at radius 1 is 1.28 bits per heavy atom. The molecule has 2 N–H and O–H groups in total. The third-order valence-electron chi connectivity index (χ3n) is 2.44. The van der Waals surface area contributed by atoms with Gasteiger partial charge in [-0.15, -0.1) is 0 Å². The Morgan fingerprint density at radius 2 is 1.89 bits per heavy atom. The van der Waals surface area contributed by atoms with Crippen molar-refractivity contribution in [1.82, 2.24) is 10.9 Å². The standard InChI is InChI=1S/C14H22N2O2/c1-10-8-6-7-9-12(10)11(2)15-16-13(17)18-14(3,4)5/h6-9,11,15H,1-5H3,(H,16,17). The van der Waals surface area contributed by atoms with Crippen LogP contribution in [0, 0.1) is 6.92 Å². The van der Waals surface area contributed by atoms with E-state index in [1.807, 2.05) is 58.9 Å². The summed E-state index contributed by atoms with van der Waals surface area (Å²) >= 11 is 0. The van der Waals surface area contributed by atoms with Crippen LogP contribution in [0.3, 0.4) is 0 Å². The number of benzene rings is 1. The summed E-state index contributed by atoms with van der Waals surface area (Å²) in [7, 11) is 0. The van der Waals surface area contributed by atoms with Crippen molar-refractivity contribution in [3.8, 4) is 0 Å². The minimum Gasteiger partial charge on any atom is -0.443 e. The molecule has 1 atom stereocenters. The van der Waals surface area contributed by atoms with Crippen LogP contribution in [0.4, 0.5) is 4.79 Å². The highest BCUT2D eigenvalue weighted by atomic mass is 16.6. The molecule has 0 aromatic heterocycles. The molecule has 1 aromatic rings. The molecular weight excluding hydrogens is 228 g/mol. The van der Waals surface area contributed by atoms with Crippen molar-refractivity contribution in [3.05, 3.63) is 35.4 Å². The van der Waals surface area contributed by atoms with E-state index in [0.29, 0.717) is 0 Å². The third kappa shape index (κ3) is 4.75. The van der Waals surface area contributed by atoms with Crippen molar-refractivity contribution >= 4 is 6.09 Å². The Hall–Kier alpha value is -1.55. The van der Waals surface area contributed by atoms with Gasteiger partial charge in [-0.1, -0.05) is 24.3 Å². The maximum atomic E-state index is 11.5. The second-order valence-corrected chi connectivity index (χ2v) is 5.35. The van der Waals surface area contributed by atoms with Gasteiger partial charge in [0.25, 0.3) is 0 Å². The van der Waals surface area contributed by atoms with Gasteiger partial charge in [-0.25, -0.2) is 10.2 Å². The average Bonchev–Trinajstić information content (AvgIpc) is 2.24. The fourth-order valence-corrected chi connectivity index (χ4v) is 1.62. The van der Waals surface area contributed by atoms with Gasteiger partial charge < -0.3 is 4.74 Å². The van der Waals surface area contributed by atoms with E-state index in [4.69, 9.17) is 4.74 Å². The quantitative estimate of drug-likeness (QED) is 0.810. The van der Waals surface area contributed by atoms with Crippen molar-refractivity contribution in [3.63, 3.8) is 0 Å². The number of aryl methyl sites for hydroxylation is 1. The number of nitrogens with one attached hydrogen (secondary N) is 2. The SMILES string of the molecule is Cc1ccccc1C(C)NNC(=O)OC(C)(C)C. The molecule has 4 heteroatoms. The van der Waals surface area contributed by atoms with Crippen LogP contribution in [0.2, 0.25) is 0 Å². The minimum atomic E-state index is -0.488. The molecule has 0 aliphatic rings. The van der Waals surface area contributed by atoms with Crippen LogP contribution in [0.25, 0.3) is 0 Å². The highest BCUT2D eigenvalue weighted by Crippen LogP contribution is 2.15. The monoisotopic (exact) mass is 250 g/mol. The van der Waals surface area contributed by atoms with Crippen molar-refractivity contribution in [2.24, 2.45) is 0 Å². The minimum absolute atomic E-state index is 0.0266. The number of carbonyl (C=O) groups excluding carboxylic acids is 1. The predicted octanol–water partition coefficient (Wildman–Crippen LogP) is 3.09. The lowest BCUT2D eigenvalue weighted by Crippen LogP contribution is -2.42. The zero-order valence-electron chi connectivity index (χ0n) is 11.7. The van der Waals surface area contributed by atoms with Gasteiger partial charge in [0.05, 0.1) is 0 Å². The summed E-state index contributed by atoms with van der Waals surface area (Å²) in [6.07, 6.45) is -0.470. The molecule has 0 radical (unpaired) electrons. The molecule has 0 aliphatic carbocycles. The van der Waals surface area contributed by atoms with Gasteiger partial charge in [0, 0.05) is 6.04 Å². The molecule has 4 nitrogen and oxygen atoms in total. The maximum absolute atomic E-state index is 11.5. The molecule has 100 valence electrons. The predicted molar refractivity (Wildman–Crippen MR) is 72.1 cm³/mol. The summed E-state index contributed by atoms with van der Waals surface area (Å²) in [6, 6.07) is 8.07. The number of rotatable bonds is 3. The molecule has 0 saturated heterocycles. The number of hydrogen-bond donors (Lipinski definition) is 2. The van der Waals surface area contributed by atoms with Gasteiger partial charge in [0.1, 0.15) is 5.60 Å². The largest absolute Gasteiger partial charge is 0.443 e. The lowest BCUT2D eigenvalue weighted by molar-refractivity contribution is 0.0489. The summed E-state index contributed by atoms with van der Waals surface area (Å²) in [4.78, 5) is 11.5. The van der Waals surface area contributed by atoms with Crippen molar-refractivity contribution < 1.29 is 9.53 Å². The summed E-state index contributed by atoms with van der Waals surface area (Å²) < 4.78 is 5.14. The number of hydrazine groups is 1. The molecule has 0 aliphatic heterocycles. The Morgan fingerprint density at radius 3 is 2.44 bits per heavy atom. The molecular formula is C14H22N2O2. The highest BCUT2D eigenvalue weighted by molar-refractivity contribution is 5.67. The second-order valence-electron chi connectivity index (χ2n) is 5.35. The zero-order valence-corrected chi connectivity index (χ0v) is 11.7. The van der Waals surface area contributed by atoms with Crippen LogP contribution in [-0.2, 0) is 4.74 Å². The topological polar surface area (TPSA) is 50.4 Å². The van der Waals surface area contributed by atoms with Crippen molar-refractivity contribution in [2.45, 2.75) is 46.3 Å². The average molecular weight is 250 g/mol. The fourth-order valence-electron chi connectivity index (χ4n) is 1.62. The molecule has 0 bridgehead atoms. The van der Waals surface area contributed by atoms with E-state index >= 15 is 0 Å². The lowest BCUT2D eigenvalue weighted by Gasteiger charge is -2.22. The van der Waals surface area contributed by atoms with Gasteiger partial charge in [-0.2, -0.15) is 0 Å². The zero-order chi connectivity index (χ0) is 13.8. The number of hydrogen-bond acceptors (Lipinski definition) is 3. The van der Waals surface area contributed by atoms with E-state index < -0.39 is 11.7 Å². The van der Waals surface area contributed by atoms with Crippen LogP contribution in [0.1, 0.15) is 44.9 Å². The Kier molecular flexibility index (Phi) is 4.73. The molecule has 1 rings (SSSR count). The third-order valence-corrected chi connectivity index (χ3v) is 2.44. The van der Waals surface area contributed by atoms with Crippen LogP contribution < -0.4 is 10.9 Å². The first-order valence-corrected chi connectivity index (χ1v) is 6.09. The molecule has 1 amide bonds. The van der Waals surface area contributed by atoms with E-state index in [1.54, 1.807) is 0 Å². The fraction of sp³-hybridized carbons (Fsp3) is 0.500. The smallest absolute Gasteiger partial charge is 0.422 e. The molecule has 0 heterocycles. The van der Waals surface area contributed by atoms with Crippen LogP contribution >= 0.6 is 0 Å². The molecule has 0 saturated carbocycles. The van der Waals surface area contributed by atoms with Crippen LogP contribution in [-0.4, -0.2) is 11.7 Å². The summed E-state index contributed by atoms with van der Waals surface area (Å²) in [5.41, 5.74) is 7.33. The van der Waals surface area contributed by atoms with Gasteiger partial charge >= 0.3 is 6.09 Å². The Labute approximate surface area is 109 Å². The van der Waals surface area contributed by atoms with Crippen molar-refractivity contribution in [1.29, 1.82) is 0 Å². The van der Waals surface area contributed by atoms with E-state index in [2.05, 4.69) is 10.9 Å². The Bertz CT molecular complexity index is 411. The second kappa shape index (κ2) is 5.87. The molecule has 18 heavy (non-hydrogen) atoms. The molecule has 0 fully saturated rings. The van der Waals surface area contributed by atoms with E-state index in [1.165, 1.54) is 5.56 Å². The normalized spacial score (nSPS) is 12.9. The van der Waals surface area contributed by atoms with Crippen molar-refractivity contribution in [2.75, 3.05) is 0 Å². The molecule has 0 spiro atoms. The molecule has 1 unspecified atom stereocenters. The first-order valence-electron chi connectivity index (χ1n) is 6.09. The van der Waals surface area contributed by atoms with E-state index in [0.717, 1.165) is 5.56 Å². The number of carbonyl (C=O) groups is 1. The first kappa shape index (κ1) is 14.5. The number of amides is 1. The van der Waals surface area contributed by atoms with Gasteiger partial charge in [-0.3, -0.25) is 5.43 Å². The number of ether oxygens (including phenoxy) is 1. The lowest BCUT2D eigenvalue weighted by atomic mass is 10.0. The Balaban J connectivity index is 2.49. The van der Waals surface area contributed by atoms with Gasteiger partial charge in [0.2, 0.25) is 0 Å². The highest BCUT2D eigenvalue weighted by Gasteiger charge is 2.16. The first-order chi connectivity index (χ1) is 8.29. The van der Waals surface area contributed by atoms with Crippen LogP contribution in [0.5, 0.6) is 0 Å². The van der Waals surface area contributed by atoms with E-state index in [-0.39, 0.29) is 6.04 Å². The van der Waals surface area contributed by atoms with E-state index in [9.17, 15) is 4.79 Å². The summed E-state index contributed by atoms with van der Waals surface area (Å²) in [6.45, 7) is 9.52. The summed E-state index contributed by atoms with van der Waals surface area (Å²) in [5, 5.41) is 0. The molecule has 1 aromatic carbocycles. The summed E-state index contributed by atoms with van der Waals surface area (Å²) in [5.74, 6) is 0. The van der Waals surface area contributed by atoms with Crippen LogP contribution in [0.15, 0.2) is 24.3 Å². The van der Waals surface area contributed by atoms with Gasteiger partial charge in [-0.05, 0) is 45.7 Å². The maximum Gasteiger partial charge on any atom is 0.422 e.